The van der Waals surface area contributed by atoms with Crippen molar-refractivity contribution in [2.45, 2.75) is 77.6 Å². The summed E-state index contributed by atoms with van der Waals surface area (Å²) in [7, 11) is -4.25. The van der Waals surface area contributed by atoms with E-state index in [0.29, 0.717) is 0 Å². The first kappa shape index (κ1) is 28.2. The third-order valence-corrected chi connectivity index (χ3v) is 3.53. The molecule has 0 aromatic rings. The number of unbranched alkanes of at least 4 members (excludes halogenated alkanes) is 10. The van der Waals surface area contributed by atoms with Crippen LogP contribution >= 0.6 is 7.82 Å². The molecule has 0 atom stereocenters. The Morgan fingerprint density at radius 3 is 1.45 bits per heavy atom. The van der Waals surface area contributed by atoms with Crippen molar-refractivity contribution in [3.05, 3.63) is 0 Å². The topological polar surface area (TPSA) is 66.8 Å². The van der Waals surface area contributed by atoms with Gasteiger partial charge in [0.05, 0.1) is 6.61 Å². The molecule has 0 bridgehead atoms. The number of phosphoric ester groups is 1. The second kappa shape index (κ2) is 20.4. The summed E-state index contributed by atoms with van der Waals surface area (Å²) in [6.07, 6.45) is 13.5. The van der Waals surface area contributed by atoms with E-state index >= 15 is 0 Å². The molecule has 7 heteroatoms. The standard InChI is InChI=1S/C13H29O4P.2K/c1-2-3-4-5-6-7-8-9-10-11-12-13-17-18(14,15)16;;/h2-13H2,1H3,(H2,14,15,16);;/q;2*+1. The summed E-state index contributed by atoms with van der Waals surface area (Å²) in [5.41, 5.74) is 0. The molecule has 20 heavy (non-hydrogen) atoms. The van der Waals surface area contributed by atoms with Crippen molar-refractivity contribution in [2.75, 3.05) is 6.61 Å². The van der Waals surface area contributed by atoms with Crippen LogP contribution in [-0.2, 0) is 9.09 Å². The summed E-state index contributed by atoms with van der Waals surface area (Å²) in [6.45, 7) is 2.40. The van der Waals surface area contributed by atoms with Crippen LogP contribution in [0.2, 0.25) is 0 Å². The molecule has 0 heterocycles. The summed E-state index contributed by atoms with van der Waals surface area (Å²) in [4.78, 5) is 16.9. The Kier molecular flexibility index (Phi) is 28.8. The minimum Gasteiger partial charge on any atom is -0.303 e. The van der Waals surface area contributed by atoms with Gasteiger partial charge in [0, 0.05) is 0 Å². The van der Waals surface area contributed by atoms with Crippen molar-refractivity contribution in [2.24, 2.45) is 0 Å². The SMILES string of the molecule is CCCCCCCCCCCCCOP(=O)(O)O.[K+].[K+]. The van der Waals surface area contributed by atoms with Crippen molar-refractivity contribution in [3.8, 4) is 0 Å². The molecule has 0 spiro atoms. The Morgan fingerprint density at radius 2 is 1.10 bits per heavy atom. The van der Waals surface area contributed by atoms with Gasteiger partial charge in [-0.1, -0.05) is 71.1 Å². The van der Waals surface area contributed by atoms with Crippen LogP contribution in [0, 0.1) is 0 Å². The van der Waals surface area contributed by atoms with Crippen molar-refractivity contribution in [1.29, 1.82) is 0 Å². The van der Waals surface area contributed by atoms with E-state index in [2.05, 4.69) is 11.4 Å². The van der Waals surface area contributed by atoms with Gasteiger partial charge in [-0.25, -0.2) is 4.57 Å². The first-order valence-corrected chi connectivity index (χ1v) is 8.79. The summed E-state index contributed by atoms with van der Waals surface area (Å²) in [6, 6.07) is 0. The van der Waals surface area contributed by atoms with Crippen LogP contribution < -0.4 is 103 Å². The van der Waals surface area contributed by atoms with E-state index in [1.54, 1.807) is 0 Å². The molecule has 0 aliphatic carbocycles. The summed E-state index contributed by atoms with van der Waals surface area (Å²) in [5.74, 6) is 0. The van der Waals surface area contributed by atoms with Crippen molar-refractivity contribution >= 4 is 7.82 Å². The maximum absolute atomic E-state index is 10.4. The van der Waals surface area contributed by atoms with Gasteiger partial charge < -0.3 is 9.79 Å². The maximum Gasteiger partial charge on any atom is 1.00 e. The van der Waals surface area contributed by atoms with Gasteiger partial charge in [0.2, 0.25) is 0 Å². The number of rotatable bonds is 13. The predicted octanol–water partition coefficient (Wildman–Crippen LogP) is -1.59. The van der Waals surface area contributed by atoms with E-state index in [9.17, 15) is 4.57 Å². The molecule has 0 aliphatic rings. The van der Waals surface area contributed by atoms with Gasteiger partial charge in [0.25, 0.3) is 0 Å². The summed E-state index contributed by atoms with van der Waals surface area (Å²) >= 11 is 0. The molecule has 0 saturated carbocycles. The van der Waals surface area contributed by atoms with E-state index in [0.717, 1.165) is 19.3 Å². The largest absolute Gasteiger partial charge is 1.00 e. The van der Waals surface area contributed by atoms with Crippen molar-refractivity contribution < 1.29 is 122 Å². The molecule has 0 unspecified atom stereocenters. The molecule has 0 radical (unpaired) electrons. The van der Waals surface area contributed by atoms with Crippen LogP contribution in [0.25, 0.3) is 0 Å². The predicted molar refractivity (Wildman–Crippen MR) is 74.5 cm³/mol. The number of hydrogen-bond acceptors (Lipinski definition) is 2. The Bertz CT molecular complexity index is 224. The van der Waals surface area contributed by atoms with Crippen molar-refractivity contribution in [1.82, 2.24) is 0 Å². The third kappa shape index (κ3) is 26.3. The second-order valence-corrected chi connectivity index (χ2v) is 6.10. The fourth-order valence-corrected chi connectivity index (χ4v) is 2.32. The molecular formula is C13H29K2O4P+2. The Hall–Kier alpha value is 3.38. The Morgan fingerprint density at radius 1 is 0.750 bits per heavy atom. The van der Waals surface area contributed by atoms with Gasteiger partial charge in [0.15, 0.2) is 0 Å². The van der Waals surface area contributed by atoms with Gasteiger partial charge in [-0.3, -0.25) is 4.52 Å². The smallest absolute Gasteiger partial charge is 0.303 e. The number of phosphoric acid groups is 1. The molecule has 0 saturated heterocycles. The van der Waals surface area contributed by atoms with E-state index in [1.165, 1.54) is 51.4 Å². The minimum absolute atomic E-state index is 0. The molecule has 0 aromatic carbocycles. The first-order chi connectivity index (χ1) is 8.56. The Labute approximate surface area is 209 Å². The minimum atomic E-state index is -4.25. The average Bonchev–Trinajstić information content (AvgIpc) is 2.29. The quantitative estimate of drug-likeness (QED) is 0.237. The van der Waals surface area contributed by atoms with E-state index < -0.39 is 7.82 Å². The molecule has 0 aliphatic heterocycles. The third-order valence-electron chi connectivity index (χ3n) is 3.01. The fraction of sp³-hybridized carbons (Fsp3) is 1.00. The zero-order valence-electron chi connectivity index (χ0n) is 13.6. The Balaban J connectivity index is -0.00000144. The first-order valence-electron chi connectivity index (χ1n) is 7.26. The van der Waals surface area contributed by atoms with Gasteiger partial charge in [-0.15, -0.1) is 0 Å². The molecule has 0 fully saturated rings. The summed E-state index contributed by atoms with van der Waals surface area (Å²) < 4.78 is 14.8. The second-order valence-electron chi connectivity index (χ2n) is 4.86. The van der Waals surface area contributed by atoms with E-state index in [4.69, 9.17) is 9.79 Å². The maximum atomic E-state index is 10.4. The van der Waals surface area contributed by atoms with Crippen LogP contribution in [0.1, 0.15) is 77.6 Å². The van der Waals surface area contributed by atoms with Crippen LogP contribution in [0.3, 0.4) is 0 Å². The average molecular weight is 359 g/mol. The number of hydrogen-bond donors (Lipinski definition) is 2. The van der Waals surface area contributed by atoms with Gasteiger partial charge in [0.1, 0.15) is 0 Å². The van der Waals surface area contributed by atoms with Gasteiger partial charge >= 0.3 is 111 Å². The zero-order valence-corrected chi connectivity index (χ0v) is 20.8. The molecule has 2 N–H and O–H groups in total. The van der Waals surface area contributed by atoms with Crippen LogP contribution in [-0.4, -0.2) is 16.4 Å². The van der Waals surface area contributed by atoms with Crippen LogP contribution in [0.5, 0.6) is 0 Å². The van der Waals surface area contributed by atoms with E-state index in [1.807, 2.05) is 0 Å². The van der Waals surface area contributed by atoms with Crippen molar-refractivity contribution in [3.63, 3.8) is 0 Å². The van der Waals surface area contributed by atoms with Gasteiger partial charge in [-0.05, 0) is 6.42 Å². The fourth-order valence-electron chi connectivity index (χ4n) is 1.95. The molecule has 0 aromatic heterocycles. The van der Waals surface area contributed by atoms with E-state index in [-0.39, 0.29) is 109 Å². The molecule has 110 valence electrons. The molecule has 4 nitrogen and oxygen atoms in total. The molecule has 0 rings (SSSR count). The van der Waals surface area contributed by atoms with Crippen LogP contribution in [0.15, 0.2) is 0 Å². The zero-order chi connectivity index (χ0) is 13.7. The van der Waals surface area contributed by atoms with Crippen LogP contribution in [0.4, 0.5) is 0 Å². The monoisotopic (exact) mass is 358 g/mol. The van der Waals surface area contributed by atoms with Gasteiger partial charge in [-0.2, -0.15) is 0 Å². The summed E-state index contributed by atoms with van der Waals surface area (Å²) in [5, 5.41) is 0. The molecular weight excluding hydrogens is 329 g/mol. The molecule has 0 amide bonds. The normalized spacial score (nSPS) is 10.8.